The molecule has 4 nitrogen and oxygen atoms in total. The summed E-state index contributed by atoms with van der Waals surface area (Å²) in [7, 11) is 0. The van der Waals surface area contributed by atoms with Crippen LogP contribution in [0.4, 0.5) is 5.82 Å². The van der Waals surface area contributed by atoms with Crippen molar-refractivity contribution < 1.29 is 0 Å². The number of hydrogen-bond acceptors (Lipinski definition) is 3. The number of anilines is 1. The van der Waals surface area contributed by atoms with Crippen molar-refractivity contribution in [1.29, 1.82) is 5.26 Å². The molecule has 2 rings (SSSR count). The highest BCUT2D eigenvalue weighted by atomic mass is 15.3. The van der Waals surface area contributed by atoms with Crippen molar-refractivity contribution in [1.82, 2.24) is 9.78 Å². The fourth-order valence-electron chi connectivity index (χ4n) is 1.02. The Morgan fingerprint density at radius 1 is 1.73 bits per heavy atom. The van der Waals surface area contributed by atoms with E-state index in [2.05, 4.69) is 10.4 Å². The average Bonchev–Trinajstić information content (AvgIpc) is 2.46. The lowest BCUT2D eigenvalue weighted by Gasteiger charge is -2.07. The molecule has 0 radical (unpaired) electrons. The third kappa shape index (κ3) is 0.867. The number of rotatable bonds is 0. The zero-order valence-electron chi connectivity index (χ0n) is 5.78. The molecule has 0 aliphatic carbocycles. The van der Waals surface area contributed by atoms with Gasteiger partial charge in [-0.15, -0.1) is 0 Å². The van der Waals surface area contributed by atoms with Gasteiger partial charge in [0, 0.05) is 12.3 Å². The van der Waals surface area contributed by atoms with Gasteiger partial charge < -0.3 is 5.32 Å². The van der Waals surface area contributed by atoms with Gasteiger partial charge in [0.1, 0.15) is 11.9 Å². The van der Waals surface area contributed by atoms with Gasteiger partial charge in [-0.3, -0.25) is 0 Å². The molecule has 11 heavy (non-hydrogen) atoms. The van der Waals surface area contributed by atoms with Crippen molar-refractivity contribution in [2.24, 2.45) is 0 Å². The Morgan fingerprint density at radius 2 is 2.64 bits per heavy atom. The van der Waals surface area contributed by atoms with Crippen molar-refractivity contribution in [2.75, 3.05) is 5.32 Å². The molecule has 0 unspecified atom stereocenters. The van der Waals surface area contributed by atoms with Crippen LogP contribution in [0.5, 0.6) is 0 Å². The minimum absolute atomic E-state index is 0.455. The minimum atomic E-state index is 0.455. The first kappa shape index (κ1) is 5.98. The van der Waals surface area contributed by atoms with E-state index < -0.39 is 0 Å². The maximum Gasteiger partial charge on any atom is 0.164 e. The van der Waals surface area contributed by atoms with Gasteiger partial charge in [-0.2, -0.15) is 10.4 Å². The number of aromatic nitrogens is 2. The van der Waals surface area contributed by atoms with E-state index in [1.165, 1.54) is 0 Å². The molecule has 0 amide bonds. The van der Waals surface area contributed by atoms with Crippen molar-refractivity contribution >= 4 is 5.82 Å². The van der Waals surface area contributed by atoms with E-state index in [1.54, 1.807) is 10.7 Å². The molecule has 0 saturated heterocycles. The first-order chi connectivity index (χ1) is 5.40. The third-order valence-electron chi connectivity index (χ3n) is 1.52. The van der Waals surface area contributed by atoms with Gasteiger partial charge >= 0.3 is 0 Å². The molecular formula is C7H6N4. The topological polar surface area (TPSA) is 53.6 Å². The predicted octanol–water partition coefficient (Wildman–Crippen LogP) is 0.694. The summed E-state index contributed by atoms with van der Waals surface area (Å²) in [5, 5.41) is 15.5. The summed E-state index contributed by atoms with van der Waals surface area (Å²) in [6.07, 6.45) is 3.79. The van der Waals surface area contributed by atoms with Crippen molar-refractivity contribution in [3.8, 4) is 6.07 Å². The minimum Gasteiger partial charge on any atom is -0.347 e. The van der Waals surface area contributed by atoms with Gasteiger partial charge in [-0.1, -0.05) is 0 Å². The number of fused-ring (bicyclic) bond motifs is 1. The molecule has 4 heteroatoms. The fraction of sp³-hybridized carbons (Fsp3) is 0.143. The molecular weight excluding hydrogens is 140 g/mol. The Bertz CT molecular complexity index is 316. The molecule has 1 aromatic heterocycles. The Kier molecular flexibility index (Phi) is 1.16. The second kappa shape index (κ2) is 2.13. The summed E-state index contributed by atoms with van der Waals surface area (Å²) < 4.78 is 1.75. The normalized spacial score (nSPS) is 13.4. The quantitative estimate of drug-likeness (QED) is 0.586. The molecule has 2 heterocycles. The molecule has 0 bridgehead atoms. The van der Waals surface area contributed by atoms with Crippen LogP contribution in [0.1, 0.15) is 5.69 Å². The largest absolute Gasteiger partial charge is 0.347 e. The van der Waals surface area contributed by atoms with E-state index in [0.29, 0.717) is 5.69 Å². The van der Waals surface area contributed by atoms with Crippen LogP contribution in [0.2, 0.25) is 0 Å². The maximum atomic E-state index is 8.51. The molecule has 0 atom stereocenters. The molecule has 1 aromatic rings. The smallest absolute Gasteiger partial charge is 0.164 e. The predicted molar refractivity (Wildman–Crippen MR) is 39.7 cm³/mol. The zero-order valence-corrected chi connectivity index (χ0v) is 5.78. The van der Waals surface area contributed by atoms with E-state index in [-0.39, 0.29) is 0 Å². The maximum absolute atomic E-state index is 8.51. The van der Waals surface area contributed by atoms with Gasteiger partial charge in [0.05, 0.1) is 6.54 Å². The number of nitrogens with zero attached hydrogens (tertiary/aromatic N) is 3. The van der Waals surface area contributed by atoms with Crippen LogP contribution in [0.15, 0.2) is 18.3 Å². The Labute approximate surface area is 63.7 Å². The van der Waals surface area contributed by atoms with Crippen LogP contribution in [0.25, 0.3) is 0 Å². The van der Waals surface area contributed by atoms with Gasteiger partial charge in [-0.05, 0) is 6.08 Å². The van der Waals surface area contributed by atoms with E-state index >= 15 is 0 Å². The van der Waals surface area contributed by atoms with E-state index in [0.717, 1.165) is 12.4 Å². The summed E-state index contributed by atoms with van der Waals surface area (Å²) in [4.78, 5) is 0. The average molecular weight is 146 g/mol. The van der Waals surface area contributed by atoms with Crippen LogP contribution < -0.4 is 5.32 Å². The molecule has 54 valence electrons. The molecule has 1 aliphatic rings. The van der Waals surface area contributed by atoms with Crippen molar-refractivity contribution in [3.63, 3.8) is 0 Å². The van der Waals surface area contributed by atoms with E-state index in [4.69, 9.17) is 5.26 Å². The second-order valence-corrected chi connectivity index (χ2v) is 2.26. The molecule has 1 aliphatic heterocycles. The summed E-state index contributed by atoms with van der Waals surface area (Å²) in [5.74, 6) is 0.879. The number of nitriles is 1. The van der Waals surface area contributed by atoms with Crippen molar-refractivity contribution in [2.45, 2.75) is 6.54 Å². The Morgan fingerprint density at radius 3 is 3.36 bits per heavy atom. The van der Waals surface area contributed by atoms with Gasteiger partial charge in [0.15, 0.2) is 5.69 Å². The van der Waals surface area contributed by atoms with Crippen LogP contribution >= 0.6 is 0 Å². The molecule has 0 fully saturated rings. The number of nitrogens with one attached hydrogen (secondary N) is 1. The Hall–Kier alpha value is -1.76. The van der Waals surface area contributed by atoms with Crippen LogP contribution in [0, 0.1) is 11.3 Å². The van der Waals surface area contributed by atoms with Gasteiger partial charge in [0.25, 0.3) is 0 Å². The summed E-state index contributed by atoms with van der Waals surface area (Å²) in [6.45, 7) is 0.740. The Balaban J connectivity index is 2.46. The summed E-state index contributed by atoms with van der Waals surface area (Å²) in [5.41, 5.74) is 0.455. The number of hydrogen-bond donors (Lipinski definition) is 1. The van der Waals surface area contributed by atoms with Crippen LogP contribution in [-0.4, -0.2) is 9.78 Å². The molecule has 1 N–H and O–H groups in total. The highest BCUT2D eigenvalue weighted by Gasteiger charge is 2.06. The summed E-state index contributed by atoms with van der Waals surface area (Å²) >= 11 is 0. The fourth-order valence-corrected chi connectivity index (χ4v) is 1.02. The molecule has 0 aromatic carbocycles. The first-order valence-electron chi connectivity index (χ1n) is 3.29. The van der Waals surface area contributed by atoms with Gasteiger partial charge in [0.2, 0.25) is 0 Å². The lowest BCUT2D eigenvalue weighted by Crippen LogP contribution is -2.07. The second-order valence-electron chi connectivity index (χ2n) is 2.26. The van der Waals surface area contributed by atoms with Gasteiger partial charge in [-0.25, -0.2) is 4.68 Å². The standard InChI is InChI=1S/C7H6N4/c8-5-6-4-7-9-2-1-3-11(7)10-6/h1-2,4,9H,3H2. The highest BCUT2D eigenvalue weighted by molar-refractivity contribution is 5.44. The summed E-state index contributed by atoms with van der Waals surface area (Å²) in [6, 6.07) is 3.71. The SMILES string of the molecule is N#Cc1cc2n(n1)CC=CN2. The highest BCUT2D eigenvalue weighted by Crippen LogP contribution is 2.12. The molecule has 0 saturated carbocycles. The lowest BCUT2D eigenvalue weighted by atomic mass is 10.4. The zero-order chi connectivity index (χ0) is 7.68. The number of allylic oxidation sites excluding steroid dienone is 1. The first-order valence-corrected chi connectivity index (χ1v) is 3.29. The lowest BCUT2D eigenvalue weighted by molar-refractivity contribution is 0.697. The van der Waals surface area contributed by atoms with E-state index in [1.807, 2.05) is 18.3 Å². The van der Waals surface area contributed by atoms with Crippen molar-refractivity contribution in [3.05, 3.63) is 24.0 Å². The molecule has 0 spiro atoms. The van der Waals surface area contributed by atoms with Crippen LogP contribution in [0.3, 0.4) is 0 Å². The third-order valence-corrected chi connectivity index (χ3v) is 1.52. The monoisotopic (exact) mass is 146 g/mol. The van der Waals surface area contributed by atoms with Crippen LogP contribution in [-0.2, 0) is 6.54 Å². The van der Waals surface area contributed by atoms with E-state index in [9.17, 15) is 0 Å².